The molecular weight excluding hydrogens is 350 g/mol. The van der Waals surface area contributed by atoms with E-state index < -0.39 is 54.8 Å². The minimum atomic E-state index is -1.58. The molecule has 0 radical (unpaired) electrons. The molecule has 0 saturated carbocycles. The third kappa shape index (κ3) is 9.39. The van der Waals surface area contributed by atoms with Crippen molar-refractivity contribution in [2.45, 2.75) is 37.4 Å². The number of carboxylic acids is 1. The third-order valence-electron chi connectivity index (χ3n) is 3.14. The zero-order chi connectivity index (χ0) is 20.3. The molecule has 0 aromatic rings. The Kier molecular flexibility index (Phi) is 10.3. The van der Waals surface area contributed by atoms with Crippen molar-refractivity contribution < 1.29 is 29.4 Å². The van der Waals surface area contributed by atoms with E-state index in [1.54, 1.807) is 0 Å². The second-order valence-corrected chi connectivity index (χ2v) is 5.37. The minimum absolute atomic E-state index is 0.0935. The van der Waals surface area contributed by atoms with E-state index in [-0.39, 0.29) is 18.9 Å². The second-order valence-electron chi connectivity index (χ2n) is 5.37. The van der Waals surface area contributed by atoms with Crippen LogP contribution in [-0.2, 0) is 19.2 Å². The number of hydrogen-bond acceptors (Lipinski definition) is 7. The monoisotopic (exact) mass is 375 g/mol. The number of guanidine groups is 1. The van der Waals surface area contributed by atoms with E-state index in [1.165, 1.54) is 0 Å². The van der Waals surface area contributed by atoms with Crippen LogP contribution in [0.4, 0.5) is 0 Å². The van der Waals surface area contributed by atoms with Crippen LogP contribution < -0.4 is 33.6 Å². The zero-order valence-electron chi connectivity index (χ0n) is 14.1. The number of aliphatic hydroxyl groups excluding tert-OH is 1. The molecule has 3 amide bonds. The van der Waals surface area contributed by atoms with Gasteiger partial charge in [0.15, 0.2) is 5.96 Å². The Morgan fingerprint density at radius 2 is 1.58 bits per heavy atom. The summed E-state index contributed by atoms with van der Waals surface area (Å²) in [4.78, 5) is 49.4. The van der Waals surface area contributed by atoms with Crippen LogP contribution in [0.1, 0.15) is 19.3 Å². The van der Waals surface area contributed by atoms with E-state index in [0.717, 1.165) is 0 Å². The van der Waals surface area contributed by atoms with Crippen LogP contribution in [0.25, 0.3) is 0 Å². The number of rotatable bonds is 12. The van der Waals surface area contributed by atoms with E-state index in [0.29, 0.717) is 6.42 Å². The van der Waals surface area contributed by atoms with Crippen molar-refractivity contribution in [2.75, 3.05) is 13.2 Å². The maximum absolute atomic E-state index is 12.0. The average Bonchev–Trinajstić information content (AvgIpc) is 2.54. The normalized spacial score (nSPS) is 13.8. The predicted molar refractivity (Wildman–Crippen MR) is 90.3 cm³/mol. The van der Waals surface area contributed by atoms with Crippen molar-refractivity contribution in [2.24, 2.45) is 27.9 Å². The first-order valence-electron chi connectivity index (χ1n) is 7.62. The quantitative estimate of drug-likeness (QED) is 0.0924. The number of amides is 3. The smallest absolute Gasteiger partial charge is 0.326 e. The van der Waals surface area contributed by atoms with Gasteiger partial charge < -0.3 is 43.8 Å². The molecule has 0 rings (SSSR count). The Morgan fingerprint density at radius 1 is 1.00 bits per heavy atom. The summed E-state index contributed by atoms with van der Waals surface area (Å²) in [6.07, 6.45) is -0.0263. The zero-order valence-corrected chi connectivity index (χ0v) is 14.1. The highest BCUT2D eigenvalue weighted by molar-refractivity contribution is 5.93. The third-order valence-corrected chi connectivity index (χ3v) is 3.14. The van der Waals surface area contributed by atoms with Gasteiger partial charge in [-0.15, -0.1) is 0 Å². The lowest BCUT2D eigenvalue weighted by Gasteiger charge is -2.21. The average molecular weight is 375 g/mol. The van der Waals surface area contributed by atoms with Gasteiger partial charge in [-0.2, -0.15) is 0 Å². The first-order chi connectivity index (χ1) is 12.1. The van der Waals surface area contributed by atoms with Gasteiger partial charge in [0.25, 0.3) is 0 Å². The van der Waals surface area contributed by atoms with Crippen molar-refractivity contribution in [1.82, 2.24) is 10.6 Å². The molecular formula is C13H25N7O6. The summed E-state index contributed by atoms with van der Waals surface area (Å²) in [6, 6.07) is -4.02. The number of aliphatic hydroxyl groups is 1. The fourth-order valence-electron chi connectivity index (χ4n) is 1.80. The van der Waals surface area contributed by atoms with Crippen molar-refractivity contribution in [1.29, 1.82) is 0 Å². The number of nitrogens with one attached hydrogen (secondary N) is 2. The summed E-state index contributed by atoms with van der Waals surface area (Å²) in [5.41, 5.74) is 20.9. The molecule has 13 nitrogen and oxygen atoms in total. The van der Waals surface area contributed by atoms with E-state index in [9.17, 15) is 24.3 Å². The summed E-state index contributed by atoms with van der Waals surface area (Å²) in [6.45, 7) is -0.540. The Hall–Kier alpha value is -2.93. The molecule has 3 atom stereocenters. The molecule has 26 heavy (non-hydrogen) atoms. The van der Waals surface area contributed by atoms with E-state index in [1.807, 2.05) is 5.32 Å². The van der Waals surface area contributed by atoms with Gasteiger partial charge in [-0.1, -0.05) is 0 Å². The molecule has 0 heterocycles. The molecule has 0 aliphatic heterocycles. The number of hydrogen-bond donors (Lipinski definition) is 8. The van der Waals surface area contributed by atoms with E-state index in [4.69, 9.17) is 28.0 Å². The second kappa shape index (κ2) is 11.6. The molecule has 0 spiro atoms. The highest BCUT2D eigenvalue weighted by atomic mass is 16.4. The number of carbonyl (C=O) groups is 4. The van der Waals surface area contributed by atoms with Crippen molar-refractivity contribution >= 4 is 29.7 Å². The summed E-state index contributed by atoms with van der Waals surface area (Å²) < 4.78 is 0. The number of nitrogens with two attached hydrogens (primary N) is 4. The molecule has 13 heteroatoms. The van der Waals surface area contributed by atoms with Crippen LogP contribution in [0.15, 0.2) is 4.99 Å². The number of carbonyl (C=O) groups excluding carboxylic acids is 3. The van der Waals surface area contributed by atoms with Crippen molar-refractivity contribution in [3.8, 4) is 0 Å². The fourth-order valence-corrected chi connectivity index (χ4v) is 1.80. The van der Waals surface area contributed by atoms with Gasteiger partial charge in [-0.05, 0) is 12.8 Å². The molecule has 3 unspecified atom stereocenters. The number of nitrogens with zero attached hydrogens (tertiary/aromatic N) is 1. The largest absolute Gasteiger partial charge is 0.480 e. The van der Waals surface area contributed by atoms with Crippen molar-refractivity contribution in [3.05, 3.63) is 0 Å². The minimum Gasteiger partial charge on any atom is -0.480 e. The number of aliphatic imine (C=N–C) groups is 1. The van der Waals surface area contributed by atoms with Gasteiger partial charge in [-0.3, -0.25) is 19.4 Å². The summed E-state index contributed by atoms with van der Waals surface area (Å²) >= 11 is 0. The summed E-state index contributed by atoms with van der Waals surface area (Å²) in [5, 5.41) is 22.4. The molecule has 0 aromatic heterocycles. The molecule has 12 N–H and O–H groups in total. The van der Waals surface area contributed by atoms with Crippen LogP contribution in [0.2, 0.25) is 0 Å². The van der Waals surface area contributed by atoms with Gasteiger partial charge in [0, 0.05) is 6.54 Å². The molecule has 148 valence electrons. The Balaban J connectivity index is 4.63. The van der Waals surface area contributed by atoms with Gasteiger partial charge >= 0.3 is 5.97 Å². The maximum Gasteiger partial charge on any atom is 0.326 e. The predicted octanol–water partition coefficient (Wildman–Crippen LogP) is -4.71. The SMILES string of the molecule is NC(=O)CC(NC(=O)C(CO)NC(=O)C(N)CCCN=C(N)N)C(=O)O. The fraction of sp³-hybridized carbons (Fsp3) is 0.615. The lowest BCUT2D eigenvalue weighted by atomic mass is 10.1. The Labute approximate surface area is 149 Å². The topological polar surface area (TPSA) is 249 Å². The van der Waals surface area contributed by atoms with Crippen LogP contribution in [0.5, 0.6) is 0 Å². The first kappa shape index (κ1) is 23.1. The van der Waals surface area contributed by atoms with E-state index in [2.05, 4.69) is 10.3 Å². The highest BCUT2D eigenvalue weighted by Crippen LogP contribution is 1.98. The van der Waals surface area contributed by atoms with Crippen molar-refractivity contribution in [3.63, 3.8) is 0 Å². The number of primary amides is 1. The Bertz CT molecular complexity index is 549. The molecule has 0 saturated heterocycles. The Morgan fingerprint density at radius 3 is 2.04 bits per heavy atom. The van der Waals surface area contributed by atoms with Crippen LogP contribution in [0.3, 0.4) is 0 Å². The summed E-state index contributed by atoms with van der Waals surface area (Å²) in [7, 11) is 0. The molecule has 0 aliphatic carbocycles. The maximum atomic E-state index is 12.0. The van der Waals surface area contributed by atoms with Crippen LogP contribution in [-0.4, -0.2) is 71.1 Å². The standard InChI is InChI=1S/C13H25N7O6/c14-6(2-1-3-18-13(16)17)10(23)20-8(5-21)11(24)19-7(12(25)26)4-9(15)22/h6-8,21H,1-5,14H2,(H2,15,22)(H,19,24)(H,20,23)(H,25,26)(H4,16,17,18). The van der Waals surface area contributed by atoms with Crippen LogP contribution in [0, 0.1) is 0 Å². The number of aliphatic carboxylic acids is 1. The first-order valence-corrected chi connectivity index (χ1v) is 7.62. The molecule has 0 aliphatic rings. The molecule has 0 aromatic carbocycles. The highest BCUT2D eigenvalue weighted by Gasteiger charge is 2.28. The number of carboxylic acid groups (broad SMARTS) is 1. The van der Waals surface area contributed by atoms with Gasteiger partial charge in [-0.25, -0.2) is 4.79 Å². The van der Waals surface area contributed by atoms with Crippen LogP contribution >= 0.6 is 0 Å². The molecule has 0 bridgehead atoms. The van der Waals surface area contributed by atoms with Gasteiger partial charge in [0.2, 0.25) is 17.7 Å². The lowest BCUT2D eigenvalue weighted by Crippen LogP contribution is -2.56. The van der Waals surface area contributed by atoms with Gasteiger partial charge in [0.1, 0.15) is 12.1 Å². The van der Waals surface area contributed by atoms with Gasteiger partial charge in [0.05, 0.1) is 19.1 Å². The molecule has 0 fully saturated rings. The van der Waals surface area contributed by atoms with E-state index >= 15 is 0 Å². The lowest BCUT2D eigenvalue weighted by molar-refractivity contribution is -0.144. The summed E-state index contributed by atoms with van der Waals surface area (Å²) in [5.74, 6) is -4.25.